The molecule has 3 rings (SSSR count). The normalized spacial score (nSPS) is 24.7. The van der Waals surface area contributed by atoms with Crippen molar-refractivity contribution >= 4 is 18.3 Å². The van der Waals surface area contributed by atoms with Crippen molar-refractivity contribution in [2.24, 2.45) is 11.1 Å². The third-order valence-electron chi connectivity index (χ3n) is 5.53. The summed E-state index contributed by atoms with van der Waals surface area (Å²) in [5.41, 5.74) is 9.66. The molecule has 1 amide bonds. The summed E-state index contributed by atoms with van der Waals surface area (Å²) in [7, 11) is 0. The fourth-order valence-electron chi connectivity index (χ4n) is 3.85. The minimum Gasteiger partial charge on any atom is -0.341 e. The number of carbonyl (C=O) groups is 1. The van der Waals surface area contributed by atoms with Crippen molar-refractivity contribution in [3.05, 3.63) is 34.9 Å². The summed E-state index contributed by atoms with van der Waals surface area (Å²) >= 11 is 0. The highest BCUT2D eigenvalue weighted by atomic mass is 35.5. The first-order valence-corrected chi connectivity index (χ1v) is 8.38. The van der Waals surface area contributed by atoms with E-state index in [9.17, 15) is 4.79 Å². The molecule has 1 aliphatic heterocycles. The van der Waals surface area contributed by atoms with Gasteiger partial charge in [0.1, 0.15) is 0 Å². The van der Waals surface area contributed by atoms with Gasteiger partial charge in [-0.05, 0) is 44.1 Å². The summed E-state index contributed by atoms with van der Waals surface area (Å²) in [5.74, 6) is 0.317. The Hall–Kier alpha value is -1.06. The molecule has 2 N–H and O–H groups in total. The fraction of sp³-hybridized carbons (Fsp3) is 0.632. The van der Waals surface area contributed by atoms with E-state index in [2.05, 4.69) is 50.8 Å². The smallest absolute Gasteiger partial charge is 0.233 e. The van der Waals surface area contributed by atoms with Crippen LogP contribution in [0.4, 0.5) is 0 Å². The number of halogens is 1. The number of likely N-dealkylation sites (tertiary alicyclic amines) is 1. The van der Waals surface area contributed by atoms with Crippen molar-refractivity contribution in [3.63, 3.8) is 0 Å². The summed E-state index contributed by atoms with van der Waals surface area (Å²) < 4.78 is 0. The molecular formula is C19H29ClN2O. The lowest BCUT2D eigenvalue weighted by atomic mass is 9.79. The van der Waals surface area contributed by atoms with E-state index >= 15 is 0 Å². The average molecular weight is 337 g/mol. The first-order chi connectivity index (χ1) is 10.2. The number of hydrogen-bond acceptors (Lipinski definition) is 2. The molecule has 1 saturated heterocycles. The Bertz CT molecular complexity index is 587. The van der Waals surface area contributed by atoms with Crippen LogP contribution in [0.5, 0.6) is 0 Å². The number of amides is 1. The Kier molecular flexibility index (Phi) is 4.85. The number of benzene rings is 1. The second kappa shape index (κ2) is 6.10. The molecule has 3 nitrogen and oxygen atoms in total. The van der Waals surface area contributed by atoms with Gasteiger partial charge in [-0.15, -0.1) is 12.4 Å². The molecule has 23 heavy (non-hydrogen) atoms. The van der Waals surface area contributed by atoms with Crippen molar-refractivity contribution in [2.75, 3.05) is 13.1 Å². The van der Waals surface area contributed by atoms with Gasteiger partial charge < -0.3 is 10.6 Å². The summed E-state index contributed by atoms with van der Waals surface area (Å²) in [6.07, 6.45) is 2.87. The SMILES string of the molecule is Cc1cc(C)cc(C2(C(=O)N3CCC(N)C(C)(C)C3)CC2)c1.Cl. The summed E-state index contributed by atoms with van der Waals surface area (Å²) in [5, 5.41) is 0. The Labute approximate surface area is 146 Å². The molecule has 0 aromatic heterocycles. The van der Waals surface area contributed by atoms with Crippen LogP contribution in [0.2, 0.25) is 0 Å². The monoisotopic (exact) mass is 336 g/mol. The van der Waals surface area contributed by atoms with Crippen LogP contribution >= 0.6 is 12.4 Å². The van der Waals surface area contributed by atoms with Crippen molar-refractivity contribution in [2.45, 2.75) is 58.4 Å². The molecule has 1 unspecified atom stereocenters. The Morgan fingerprint density at radius 2 is 1.74 bits per heavy atom. The van der Waals surface area contributed by atoms with Crippen molar-refractivity contribution in [1.29, 1.82) is 0 Å². The molecule has 1 heterocycles. The van der Waals surface area contributed by atoms with Gasteiger partial charge in [0.25, 0.3) is 0 Å². The Balaban J connectivity index is 0.00000192. The predicted molar refractivity (Wildman–Crippen MR) is 97.0 cm³/mol. The van der Waals surface area contributed by atoms with Crippen LogP contribution in [0.3, 0.4) is 0 Å². The molecule has 0 spiro atoms. The first-order valence-electron chi connectivity index (χ1n) is 8.38. The number of rotatable bonds is 2. The fourth-order valence-corrected chi connectivity index (χ4v) is 3.85. The Morgan fingerprint density at radius 1 is 1.17 bits per heavy atom. The van der Waals surface area contributed by atoms with Crippen LogP contribution in [-0.4, -0.2) is 29.9 Å². The topological polar surface area (TPSA) is 46.3 Å². The average Bonchev–Trinajstić information content (AvgIpc) is 3.21. The second-order valence-corrected chi connectivity index (χ2v) is 8.07. The molecule has 1 atom stereocenters. The Morgan fingerprint density at radius 3 is 2.22 bits per heavy atom. The highest BCUT2D eigenvalue weighted by Gasteiger charge is 2.54. The number of aryl methyl sites for hydroxylation is 2. The van der Waals surface area contributed by atoms with E-state index in [1.54, 1.807) is 0 Å². The molecule has 1 aromatic rings. The van der Waals surface area contributed by atoms with Gasteiger partial charge in [0.05, 0.1) is 5.41 Å². The maximum Gasteiger partial charge on any atom is 0.233 e. The van der Waals surface area contributed by atoms with Crippen LogP contribution in [-0.2, 0) is 10.2 Å². The van der Waals surface area contributed by atoms with Crippen LogP contribution in [0.25, 0.3) is 0 Å². The standard InChI is InChI=1S/C19H28N2O.ClH/c1-13-9-14(2)11-15(10-13)19(6-7-19)17(22)21-8-5-16(20)18(3,4)12-21;/h9-11,16H,5-8,12,20H2,1-4H3;1H. The lowest BCUT2D eigenvalue weighted by Gasteiger charge is -2.43. The molecule has 128 valence electrons. The van der Waals surface area contributed by atoms with Crippen LogP contribution in [0.1, 0.15) is 49.8 Å². The van der Waals surface area contributed by atoms with E-state index in [1.165, 1.54) is 16.7 Å². The van der Waals surface area contributed by atoms with Crippen LogP contribution in [0, 0.1) is 19.3 Å². The summed E-state index contributed by atoms with van der Waals surface area (Å²) in [6, 6.07) is 6.75. The summed E-state index contributed by atoms with van der Waals surface area (Å²) in [6.45, 7) is 10.1. The molecule has 1 aromatic carbocycles. The number of carbonyl (C=O) groups excluding carboxylic acids is 1. The second-order valence-electron chi connectivity index (χ2n) is 8.07. The van der Waals surface area contributed by atoms with Crippen molar-refractivity contribution < 1.29 is 4.79 Å². The number of piperidine rings is 1. The predicted octanol–water partition coefficient (Wildman–Crippen LogP) is 3.34. The van der Waals surface area contributed by atoms with Gasteiger partial charge in [-0.2, -0.15) is 0 Å². The minimum atomic E-state index is -0.256. The zero-order chi connectivity index (χ0) is 16.1. The first kappa shape index (κ1) is 18.3. The van der Waals surface area contributed by atoms with E-state index in [0.29, 0.717) is 5.91 Å². The molecule has 0 bridgehead atoms. The molecule has 1 saturated carbocycles. The number of hydrogen-bond donors (Lipinski definition) is 1. The van der Waals surface area contributed by atoms with Gasteiger partial charge in [0, 0.05) is 19.1 Å². The van der Waals surface area contributed by atoms with Crippen molar-refractivity contribution in [3.8, 4) is 0 Å². The van der Waals surface area contributed by atoms with Gasteiger partial charge in [-0.1, -0.05) is 43.2 Å². The third-order valence-corrected chi connectivity index (χ3v) is 5.53. The number of nitrogens with two attached hydrogens (primary N) is 1. The minimum absolute atomic E-state index is 0. The molecule has 4 heteroatoms. The molecular weight excluding hydrogens is 308 g/mol. The molecule has 2 fully saturated rings. The lowest BCUT2D eigenvalue weighted by molar-refractivity contribution is -0.137. The largest absolute Gasteiger partial charge is 0.341 e. The highest BCUT2D eigenvalue weighted by molar-refractivity contribution is 5.91. The van der Waals surface area contributed by atoms with Crippen LogP contribution in [0.15, 0.2) is 18.2 Å². The molecule has 0 radical (unpaired) electrons. The number of nitrogens with zero attached hydrogens (tertiary/aromatic N) is 1. The maximum absolute atomic E-state index is 13.2. The van der Waals surface area contributed by atoms with E-state index in [4.69, 9.17) is 5.73 Å². The highest BCUT2D eigenvalue weighted by Crippen LogP contribution is 2.50. The van der Waals surface area contributed by atoms with E-state index in [-0.39, 0.29) is 29.3 Å². The van der Waals surface area contributed by atoms with Gasteiger partial charge in [-0.3, -0.25) is 4.79 Å². The van der Waals surface area contributed by atoms with Gasteiger partial charge in [-0.25, -0.2) is 0 Å². The van der Waals surface area contributed by atoms with Gasteiger partial charge in [0.2, 0.25) is 5.91 Å². The van der Waals surface area contributed by atoms with E-state index in [1.807, 2.05) is 0 Å². The molecule has 1 aliphatic carbocycles. The van der Waals surface area contributed by atoms with Crippen LogP contribution < -0.4 is 5.73 Å². The lowest BCUT2D eigenvalue weighted by Crippen LogP contribution is -2.55. The zero-order valence-electron chi connectivity index (χ0n) is 14.7. The molecule has 2 aliphatic rings. The zero-order valence-corrected chi connectivity index (χ0v) is 15.5. The van der Waals surface area contributed by atoms with E-state index < -0.39 is 0 Å². The maximum atomic E-state index is 13.2. The van der Waals surface area contributed by atoms with Crippen molar-refractivity contribution in [1.82, 2.24) is 4.90 Å². The quantitative estimate of drug-likeness (QED) is 0.900. The van der Waals surface area contributed by atoms with Gasteiger partial charge >= 0.3 is 0 Å². The van der Waals surface area contributed by atoms with E-state index in [0.717, 1.165) is 32.4 Å². The summed E-state index contributed by atoms with van der Waals surface area (Å²) in [4.78, 5) is 15.2. The third kappa shape index (κ3) is 3.27. The van der Waals surface area contributed by atoms with Gasteiger partial charge in [0.15, 0.2) is 0 Å².